The van der Waals surface area contributed by atoms with Crippen LogP contribution in [0.15, 0.2) is 163 Å². The SMILES string of the molecule is [2H]C([2H])(c1cc(C)[n+](C)c(-c2c(C)ccc3c2oc2c(C)cc([N+]#[C-])cc23)c1)C(C)C.[2H]C([2H])(c1cc(C)[n+](C)c(-c2c(C)ccc3c2oc2cc(C)c([N+]#[C-])cc23)c1)C(C)C.[2H]c1c(C([2H])([2H])C(C)C)c([2H])c(-c2c(C)ccc3c2oc2c(C)cc([N+]#[C-])cc23)[n+](C)c1C.[2H]c1c(C([2H])([2H])C(C)C)c([2H])c(-c2c(C)ccc3c2oc2cc(C)c([N+]#[C-])cc23)[n+](C)c1C. The molecule has 8 aromatic heterocycles. The number of rotatable bonds is 12. The molecule has 8 heterocycles. The van der Waals surface area contributed by atoms with E-state index in [9.17, 15) is 0 Å². The van der Waals surface area contributed by atoms with Crippen molar-refractivity contribution in [3.63, 3.8) is 0 Å². The Kier molecular flexibility index (Phi) is 18.9. The molecular formula is C104H108N8O4+4. The molecule has 0 unspecified atom stereocenters. The van der Waals surface area contributed by atoms with Crippen LogP contribution in [0.5, 0.6) is 0 Å². The lowest BCUT2D eigenvalue weighted by Gasteiger charge is -2.11. The zero-order valence-electron chi connectivity index (χ0n) is 83.1. The first-order valence-corrected chi connectivity index (χ1v) is 39.3. The highest BCUT2D eigenvalue weighted by Gasteiger charge is 2.30. The van der Waals surface area contributed by atoms with Gasteiger partial charge in [-0.15, -0.1) is 0 Å². The molecule has 0 bridgehead atoms. The van der Waals surface area contributed by atoms with Crippen LogP contribution >= 0.6 is 0 Å². The Morgan fingerprint density at radius 1 is 0.293 bits per heavy atom. The summed E-state index contributed by atoms with van der Waals surface area (Å²) in [6.07, 6.45) is -6.55. The van der Waals surface area contributed by atoms with Gasteiger partial charge in [0.05, 0.1) is 54.0 Å². The van der Waals surface area contributed by atoms with Crippen molar-refractivity contribution in [3.05, 3.63) is 281 Å². The topological polar surface area (TPSA) is 85.5 Å². The standard InChI is InChI=1S/4C26H27N2O/c2*1-15(2)10-19-12-18(5)28(7)23(13-19)24-16(3)8-9-21-22-14-20(27-6)11-17(4)25(22)29-26(21)24;2*1-15(2)10-19-12-18(5)28(7)23(13-19)25-16(3)8-9-20-21-14-22(27-6)17(4)11-24(21)29-26(20)25/h4*8-9,11-15H,10H2,1-5,7H3/q4*+1/i10D2,12D,13D;10D2;10D2,12D,13D;10D2. The van der Waals surface area contributed by atoms with Crippen LogP contribution in [0.4, 0.5) is 22.7 Å². The molecule has 0 fully saturated rings. The van der Waals surface area contributed by atoms with Crippen molar-refractivity contribution in [2.75, 3.05) is 0 Å². The molecule has 0 saturated carbocycles. The van der Waals surface area contributed by atoms with Crippen molar-refractivity contribution < 1.29 is 52.4 Å². The molecular weight excluding hydrogens is 1430 g/mol. The Morgan fingerprint density at radius 2 is 0.595 bits per heavy atom. The number of aromatic nitrogens is 4. The van der Waals surface area contributed by atoms with E-state index >= 15 is 0 Å². The van der Waals surface area contributed by atoms with Crippen molar-refractivity contribution in [2.24, 2.45) is 51.9 Å². The van der Waals surface area contributed by atoms with Crippen LogP contribution in [-0.2, 0) is 53.7 Å². The summed E-state index contributed by atoms with van der Waals surface area (Å²) in [5, 5.41) is 7.18. The Bertz CT molecular complexity index is 7540. The Hall–Kier alpha value is -12.5. The fraction of sp³-hybridized carbons (Fsp3) is 0.308. The Morgan fingerprint density at radius 3 is 0.914 bits per heavy atom. The van der Waals surface area contributed by atoms with E-state index in [0.717, 1.165) is 144 Å². The summed E-state index contributed by atoms with van der Waals surface area (Å²) in [7, 11) is 7.61. The average Bonchev–Trinajstić information content (AvgIpc) is 1.37. The predicted molar refractivity (Wildman–Crippen MR) is 477 cm³/mol. The van der Waals surface area contributed by atoms with E-state index in [1.54, 1.807) is 70.8 Å². The zero-order valence-corrected chi connectivity index (χ0v) is 71.1. The van der Waals surface area contributed by atoms with Gasteiger partial charge in [0.15, 0.2) is 45.5 Å². The van der Waals surface area contributed by atoms with Crippen LogP contribution in [0.3, 0.4) is 0 Å². The number of benzene rings is 8. The summed E-state index contributed by atoms with van der Waals surface area (Å²) in [5.74, 6) is -1.09. The third-order valence-corrected chi connectivity index (χ3v) is 21.7. The molecule has 0 atom stereocenters. The number of hydrogen-bond acceptors (Lipinski definition) is 4. The van der Waals surface area contributed by atoms with Gasteiger partial charge in [-0.25, -0.2) is 19.4 Å². The predicted octanol–water partition coefficient (Wildman–Crippen LogP) is 27.0. The van der Waals surface area contributed by atoms with Crippen molar-refractivity contribution in [1.82, 2.24) is 0 Å². The minimum absolute atomic E-state index is 0.000818. The van der Waals surface area contributed by atoms with Crippen molar-refractivity contribution in [1.29, 1.82) is 0 Å². The van der Waals surface area contributed by atoms with Gasteiger partial charge >= 0.3 is 0 Å². The van der Waals surface area contributed by atoms with Gasteiger partial charge in [-0.2, -0.15) is 18.3 Å². The maximum Gasteiger partial charge on any atom is 0.216 e. The summed E-state index contributed by atoms with van der Waals surface area (Å²) in [6.45, 7) is 67.7. The molecule has 0 aliphatic rings. The van der Waals surface area contributed by atoms with Gasteiger partial charge in [0, 0.05) is 130 Å². The molecule has 116 heavy (non-hydrogen) atoms. The minimum atomic E-state index is -1.83. The normalized spacial score (nSPS) is 13.5. The fourth-order valence-corrected chi connectivity index (χ4v) is 15.5. The molecule has 8 aromatic carbocycles. The van der Waals surface area contributed by atoms with Gasteiger partial charge in [-0.3, -0.25) is 0 Å². The van der Waals surface area contributed by atoms with Gasteiger partial charge < -0.3 is 17.7 Å². The molecule has 0 N–H and O–H groups in total. The Balaban J connectivity index is 0.000000146. The molecule has 0 aliphatic heterocycles. The van der Waals surface area contributed by atoms with Crippen LogP contribution in [0, 0.1) is 133 Å². The number of aryl methyl sites for hydroxylation is 10. The lowest BCUT2D eigenvalue weighted by atomic mass is 9.96. The third-order valence-electron chi connectivity index (χ3n) is 21.7. The molecule has 0 radical (unpaired) electrons. The van der Waals surface area contributed by atoms with Gasteiger partial charge in [-0.05, 0) is 220 Å². The molecule has 16 aromatic rings. The number of fused-ring (bicyclic) bond motifs is 12. The van der Waals surface area contributed by atoms with E-state index in [1.807, 2.05) is 194 Å². The smallest absolute Gasteiger partial charge is 0.216 e. The summed E-state index contributed by atoms with van der Waals surface area (Å²) in [6, 6.07) is 38.9. The van der Waals surface area contributed by atoms with Crippen LogP contribution in [-0.4, -0.2) is 0 Å². The second kappa shape index (κ2) is 32.8. The molecule has 12 heteroatoms. The maximum absolute atomic E-state index is 9.06. The summed E-state index contributed by atoms with van der Waals surface area (Å²) in [5.41, 5.74) is 26.4. The number of furan rings is 4. The first kappa shape index (κ1) is 66.9. The van der Waals surface area contributed by atoms with Crippen LogP contribution in [0.25, 0.3) is 152 Å². The largest absolute Gasteiger partial charge is 0.455 e. The van der Waals surface area contributed by atoms with Crippen LogP contribution in [0.1, 0.15) is 161 Å². The van der Waals surface area contributed by atoms with E-state index in [1.165, 1.54) is 0 Å². The van der Waals surface area contributed by atoms with Gasteiger partial charge in [0.1, 0.15) is 72.9 Å². The Labute approximate surface area is 701 Å². The van der Waals surface area contributed by atoms with Crippen LogP contribution < -0.4 is 18.3 Å². The number of hydrogen-bond donors (Lipinski definition) is 0. The first-order valence-electron chi connectivity index (χ1n) is 45.3. The second-order valence-corrected chi connectivity index (χ2v) is 32.0. The van der Waals surface area contributed by atoms with Gasteiger partial charge in [0.25, 0.3) is 0 Å². The fourth-order valence-electron chi connectivity index (χ4n) is 15.5. The van der Waals surface area contributed by atoms with Crippen molar-refractivity contribution in [3.8, 4) is 45.0 Å². The summed E-state index contributed by atoms with van der Waals surface area (Å²) >= 11 is 0. The monoisotopic (exact) mass is 1540 g/mol. The highest BCUT2D eigenvalue weighted by Crippen LogP contribution is 2.45. The molecule has 16 rings (SSSR count). The van der Waals surface area contributed by atoms with Crippen molar-refractivity contribution in [2.45, 2.75) is 164 Å². The second-order valence-electron chi connectivity index (χ2n) is 32.0. The highest BCUT2D eigenvalue weighted by molar-refractivity contribution is 6.15. The van der Waals surface area contributed by atoms with E-state index in [-0.39, 0.29) is 47.1 Å². The van der Waals surface area contributed by atoms with Crippen molar-refractivity contribution >= 4 is 111 Å². The summed E-state index contributed by atoms with van der Waals surface area (Å²) < 4.78 is 138. The summed E-state index contributed by atoms with van der Waals surface area (Å²) in [4.78, 5) is 14.5. The van der Waals surface area contributed by atoms with Gasteiger partial charge in [-0.1, -0.05) is 104 Å². The zero-order chi connectivity index (χ0) is 94.1. The molecule has 584 valence electrons. The molecule has 0 aliphatic carbocycles. The first-order chi connectivity index (χ1) is 59.9. The van der Waals surface area contributed by atoms with Crippen LogP contribution in [0.2, 0.25) is 0 Å². The van der Waals surface area contributed by atoms with E-state index in [2.05, 4.69) is 60.6 Å². The maximum atomic E-state index is 9.06. The number of nitrogens with zero attached hydrogens (tertiary/aromatic N) is 8. The lowest BCUT2D eigenvalue weighted by molar-refractivity contribution is -0.666. The van der Waals surface area contributed by atoms with E-state index < -0.39 is 37.3 Å². The number of pyridine rings is 4. The highest BCUT2D eigenvalue weighted by atomic mass is 16.3. The molecule has 0 saturated heterocycles. The molecule has 0 spiro atoms. The van der Waals surface area contributed by atoms with E-state index in [4.69, 9.17) is 60.4 Å². The molecule has 0 amide bonds. The minimum Gasteiger partial charge on any atom is -0.455 e. The quantitative estimate of drug-likeness (QED) is 0.0901. The third kappa shape index (κ3) is 15.7. The van der Waals surface area contributed by atoms with Gasteiger partial charge in [0.2, 0.25) is 22.8 Å². The van der Waals surface area contributed by atoms with E-state index in [0.29, 0.717) is 90.1 Å². The lowest BCUT2D eigenvalue weighted by Crippen LogP contribution is -2.35. The average molecular weight is 1550 g/mol. The molecule has 12 nitrogen and oxygen atoms in total.